The van der Waals surface area contributed by atoms with Gasteiger partial charge in [0.25, 0.3) is 0 Å². The molecule has 0 aromatic carbocycles. The predicted octanol–water partition coefficient (Wildman–Crippen LogP) is 0.928. The normalized spacial score (nSPS) is 25.6. The van der Waals surface area contributed by atoms with Gasteiger partial charge in [0.15, 0.2) is 0 Å². The maximum Gasteiger partial charge on any atom is 0.221 e. The molecule has 1 fully saturated rings. The molecule has 1 aliphatic heterocycles. The Hall–Kier alpha value is -0.240. The lowest BCUT2D eigenvalue weighted by molar-refractivity contribution is -0.0599. The predicted molar refractivity (Wildman–Crippen MR) is 76.0 cm³/mol. The number of nitrogens with one attached hydrogen (secondary N) is 1. The summed E-state index contributed by atoms with van der Waals surface area (Å²) in [5.74, 6) is 0. The Morgan fingerprint density at radius 2 is 2.22 bits per heavy atom. The number of ether oxygens (including phenoxy) is 1. The summed E-state index contributed by atoms with van der Waals surface area (Å²) in [5, 5.41) is -0.793. The van der Waals surface area contributed by atoms with Gasteiger partial charge in [0.05, 0.1) is 10.6 Å². The van der Waals surface area contributed by atoms with Gasteiger partial charge in [-0.3, -0.25) is 0 Å². The molecule has 0 aliphatic carbocycles. The van der Waals surface area contributed by atoms with Gasteiger partial charge in [-0.1, -0.05) is 19.1 Å². The van der Waals surface area contributed by atoms with Crippen LogP contribution in [0.25, 0.3) is 0 Å². The van der Waals surface area contributed by atoms with E-state index in [1.807, 2.05) is 13.8 Å². The van der Waals surface area contributed by atoms with Crippen molar-refractivity contribution in [2.45, 2.75) is 56.9 Å². The van der Waals surface area contributed by atoms with Crippen molar-refractivity contribution in [2.75, 3.05) is 6.61 Å². The number of sulfonamides is 1. The van der Waals surface area contributed by atoms with E-state index in [4.69, 9.17) is 22.7 Å². The quantitative estimate of drug-likeness (QED) is 0.737. The van der Waals surface area contributed by atoms with Crippen LogP contribution in [0.1, 0.15) is 40.0 Å². The highest BCUT2D eigenvalue weighted by Crippen LogP contribution is 2.24. The molecule has 7 heteroatoms. The zero-order valence-electron chi connectivity index (χ0n) is 11.1. The smallest absolute Gasteiger partial charge is 0.221 e. The summed E-state index contributed by atoms with van der Waals surface area (Å²) in [7, 11) is -3.49. The molecule has 0 saturated carbocycles. The van der Waals surface area contributed by atoms with E-state index >= 15 is 0 Å². The fraction of sp³-hybridized carbons (Fsp3) is 0.909. The highest BCUT2D eigenvalue weighted by Gasteiger charge is 2.34. The van der Waals surface area contributed by atoms with Gasteiger partial charge >= 0.3 is 0 Å². The molecule has 2 unspecified atom stereocenters. The summed E-state index contributed by atoms with van der Waals surface area (Å²) in [5.41, 5.74) is 5.18. The van der Waals surface area contributed by atoms with Gasteiger partial charge in [-0.15, -0.1) is 0 Å². The molecule has 2 atom stereocenters. The third-order valence-corrected chi connectivity index (χ3v) is 5.52. The van der Waals surface area contributed by atoms with Crippen molar-refractivity contribution in [1.29, 1.82) is 0 Å². The van der Waals surface area contributed by atoms with Crippen LogP contribution < -0.4 is 10.5 Å². The van der Waals surface area contributed by atoms with Crippen molar-refractivity contribution in [3.05, 3.63) is 0 Å². The maximum absolute atomic E-state index is 12.2. The summed E-state index contributed by atoms with van der Waals surface area (Å²) in [6, 6.07) is -0.109. The third-order valence-electron chi connectivity index (χ3n) is 3.09. The molecule has 106 valence electrons. The second-order valence-electron chi connectivity index (χ2n) is 5.26. The van der Waals surface area contributed by atoms with Gasteiger partial charge < -0.3 is 10.5 Å². The Balaban J connectivity index is 2.74. The molecule has 1 saturated heterocycles. The van der Waals surface area contributed by atoms with Crippen LogP contribution >= 0.6 is 12.2 Å². The van der Waals surface area contributed by atoms with Gasteiger partial charge in [-0.25, -0.2) is 13.1 Å². The van der Waals surface area contributed by atoms with E-state index in [-0.39, 0.29) is 16.6 Å². The van der Waals surface area contributed by atoms with Crippen molar-refractivity contribution in [1.82, 2.24) is 4.72 Å². The topological polar surface area (TPSA) is 81.4 Å². The molecule has 0 spiro atoms. The van der Waals surface area contributed by atoms with E-state index in [2.05, 4.69) is 4.72 Å². The van der Waals surface area contributed by atoms with E-state index < -0.39 is 15.3 Å². The summed E-state index contributed by atoms with van der Waals surface area (Å²) in [6.07, 6.45) is 1.72. The van der Waals surface area contributed by atoms with Crippen molar-refractivity contribution in [3.63, 3.8) is 0 Å². The Labute approximate surface area is 115 Å². The maximum atomic E-state index is 12.2. The van der Waals surface area contributed by atoms with E-state index in [1.54, 1.807) is 6.92 Å². The van der Waals surface area contributed by atoms with Gasteiger partial charge in [-0.05, 0) is 33.1 Å². The highest BCUT2D eigenvalue weighted by atomic mass is 32.2. The molecule has 0 aromatic heterocycles. The van der Waals surface area contributed by atoms with Gasteiger partial charge in [0.1, 0.15) is 5.25 Å². The fourth-order valence-electron chi connectivity index (χ4n) is 2.22. The second kappa shape index (κ2) is 5.81. The summed E-state index contributed by atoms with van der Waals surface area (Å²) < 4.78 is 32.6. The molecule has 1 rings (SSSR count). The van der Waals surface area contributed by atoms with E-state index in [1.165, 1.54) is 0 Å². The minimum Gasteiger partial charge on any atom is -0.392 e. The van der Waals surface area contributed by atoms with Crippen molar-refractivity contribution < 1.29 is 13.2 Å². The molecule has 1 aliphatic rings. The molecule has 0 amide bonds. The SMILES string of the molecule is CCC(C(N)=S)S(=O)(=O)NC1CCOC(C)(C)C1. The zero-order valence-corrected chi connectivity index (χ0v) is 12.7. The van der Waals surface area contributed by atoms with Crippen LogP contribution in [0.3, 0.4) is 0 Å². The fourth-order valence-corrected chi connectivity index (χ4v) is 4.34. The summed E-state index contributed by atoms with van der Waals surface area (Å²) in [4.78, 5) is 0.0244. The molecule has 5 nitrogen and oxygen atoms in total. The first-order chi connectivity index (χ1) is 8.18. The lowest BCUT2D eigenvalue weighted by Crippen LogP contribution is -2.50. The monoisotopic (exact) mass is 294 g/mol. The van der Waals surface area contributed by atoms with E-state index in [0.29, 0.717) is 25.9 Å². The number of hydrogen-bond donors (Lipinski definition) is 2. The first-order valence-corrected chi connectivity index (χ1v) is 8.08. The number of thiocarbonyl (C=S) groups is 1. The summed E-state index contributed by atoms with van der Waals surface area (Å²) in [6.45, 7) is 6.23. The minimum atomic E-state index is -3.49. The first-order valence-electron chi connectivity index (χ1n) is 6.12. The largest absolute Gasteiger partial charge is 0.392 e. The Morgan fingerprint density at radius 1 is 1.61 bits per heavy atom. The van der Waals surface area contributed by atoms with Crippen molar-refractivity contribution >= 4 is 27.2 Å². The molecule has 3 N–H and O–H groups in total. The average molecular weight is 294 g/mol. The zero-order chi connectivity index (χ0) is 14.0. The molecular weight excluding hydrogens is 272 g/mol. The van der Waals surface area contributed by atoms with Gasteiger partial charge in [-0.2, -0.15) is 0 Å². The van der Waals surface area contributed by atoms with Crippen molar-refractivity contribution in [2.24, 2.45) is 5.73 Å². The van der Waals surface area contributed by atoms with Crippen LogP contribution in [0.15, 0.2) is 0 Å². The van der Waals surface area contributed by atoms with Crippen molar-refractivity contribution in [3.8, 4) is 0 Å². The molecule has 18 heavy (non-hydrogen) atoms. The third kappa shape index (κ3) is 4.15. The minimum absolute atomic E-state index is 0.0244. The van der Waals surface area contributed by atoms with E-state index in [0.717, 1.165) is 0 Å². The number of nitrogens with two attached hydrogens (primary N) is 1. The first kappa shape index (κ1) is 15.8. The standard InChI is InChI=1S/C11H22N2O3S2/c1-4-9(10(12)17)18(14,15)13-8-5-6-16-11(2,3)7-8/h8-9,13H,4-7H2,1-3H3,(H2,12,17). The average Bonchev–Trinajstić information content (AvgIpc) is 2.14. The van der Waals surface area contributed by atoms with Gasteiger partial charge in [0.2, 0.25) is 10.0 Å². The highest BCUT2D eigenvalue weighted by molar-refractivity contribution is 7.93. The Bertz CT molecular complexity index is 407. The molecular formula is C11H22N2O3S2. The lowest BCUT2D eigenvalue weighted by atomic mass is 9.95. The van der Waals surface area contributed by atoms with Crippen LogP contribution in [0.2, 0.25) is 0 Å². The summed E-state index contributed by atoms with van der Waals surface area (Å²) >= 11 is 4.81. The number of rotatable bonds is 5. The van der Waals surface area contributed by atoms with Gasteiger partial charge in [0, 0.05) is 12.6 Å². The Morgan fingerprint density at radius 3 is 2.67 bits per heavy atom. The molecule has 0 aromatic rings. The Kier molecular flexibility index (Phi) is 5.11. The molecule has 1 heterocycles. The second-order valence-corrected chi connectivity index (χ2v) is 7.63. The van der Waals surface area contributed by atoms with Crippen LogP contribution in [0.4, 0.5) is 0 Å². The lowest BCUT2D eigenvalue weighted by Gasteiger charge is -2.36. The van der Waals surface area contributed by atoms with E-state index in [9.17, 15) is 8.42 Å². The van der Waals surface area contributed by atoms with Crippen LogP contribution in [-0.4, -0.2) is 36.9 Å². The molecule has 0 radical (unpaired) electrons. The van der Waals surface area contributed by atoms with Crippen LogP contribution in [-0.2, 0) is 14.8 Å². The molecule has 0 bridgehead atoms. The number of hydrogen-bond acceptors (Lipinski definition) is 4. The van der Waals surface area contributed by atoms with Crippen LogP contribution in [0.5, 0.6) is 0 Å². The van der Waals surface area contributed by atoms with Crippen LogP contribution in [0, 0.1) is 0 Å².